The number of hydrogen-bond acceptors (Lipinski definition) is 5. The molecule has 1 aliphatic rings. The van der Waals surface area contributed by atoms with Crippen molar-refractivity contribution in [2.75, 3.05) is 41.8 Å². The Morgan fingerprint density at radius 2 is 1.76 bits per heavy atom. The van der Waals surface area contributed by atoms with Crippen molar-refractivity contribution in [3.8, 4) is 0 Å². The summed E-state index contributed by atoms with van der Waals surface area (Å²) < 4.78 is 5.45. The fourth-order valence-electron chi connectivity index (χ4n) is 3.37. The van der Waals surface area contributed by atoms with Gasteiger partial charge >= 0.3 is 0 Å². The minimum atomic E-state index is -0.136. The van der Waals surface area contributed by atoms with Crippen LogP contribution in [0.1, 0.15) is 15.9 Å². The van der Waals surface area contributed by atoms with E-state index in [-0.39, 0.29) is 5.91 Å². The Hall–Kier alpha value is -3.38. The highest BCUT2D eigenvalue weighted by molar-refractivity contribution is 6.05. The number of ether oxygens (including phenoxy) is 1. The fraction of sp³-hybridized carbons (Fsp3) is 0.217. The number of hydrogen-bond donors (Lipinski definition) is 2. The van der Waals surface area contributed by atoms with Crippen LogP contribution < -0.4 is 15.5 Å². The molecular formula is C23H24N4O2. The molecule has 1 aromatic heterocycles. The van der Waals surface area contributed by atoms with Gasteiger partial charge in [0, 0.05) is 18.7 Å². The minimum absolute atomic E-state index is 0.136. The summed E-state index contributed by atoms with van der Waals surface area (Å²) >= 11 is 0. The molecule has 0 spiro atoms. The number of anilines is 4. The van der Waals surface area contributed by atoms with E-state index in [2.05, 4.69) is 26.6 Å². The van der Waals surface area contributed by atoms with Crippen LogP contribution in [0.15, 0.2) is 66.9 Å². The van der Waals surface area contributed by atoms with E-state index in [9.17, 15) is 4.79 Å². The van der Waals surface area contributed by atoms with Crippen LogP contribution in [0.2, 0.25) is 0 Å². The zero-order chi connectivity index (χ0) is 20.1. The number of nitrogens with zero attached hydrogens (tertiary/aromatic N) is 2. The van der Waals surface area contributed by atoms with Crippen LogP contribution in [0.4, 0.5) is 22.9 Å². The molecule has 0 aliphatic carbocycles. The molecule has 0 saturated carbocycles. The number of carbonyl (C=O) groups excluding carboxylic acids is 1. The van der Waals surface area contributed by atoms with Crippen molar-refractivity contribution in [1.82, 2.24) is 4.98 Å². The van der Waals surface area contributed by atoms with Gasteiger partial charge in [0.1, 0.15) is 5.82 Å². The average molecular weight is 388 g/mol. The predicted molar refractivity (Wildman–Crippen MR) is 116 cm³/mol. The van der Waals surface area contributed by atoms with Crippen molar-refractivity contribution in [2.45, 2.75) is 6.92 Å². The van der Waals surface area contributed by atoms with E-state index in [0.29, 0.717) is 11.3 Å². The van der Waals surface area contributed by atoms with Crippen molar-refractivity contribution in [2.24, 2.45) is 0 Å². The van der Waals surface area contributed by atoms with Crippen LogP contribution in [0, 0.1) is 6.92 Å². The molecule has 1 saturated heterocycles. The molecule has 3 aromatic rings. The van der Waals surface area contributed by atoms with Gasteiger partial charge in [0.25, 0.3) is 5.91 Å². The topological polar surface area (TPSA) is 66.5 Å². The number of aromatic nitrogens is 1. The summed E-state index contributed by atoms with van der Waals surface area (Å²) in [4.78, 5) is 19.2. The quantitative estimate of drug-likeness (QED) is 0.685. The zero-order valence-electron chi connectivity index (χ0n) is 16.4. The van der Waals surface area contributed by atoms with Crippen molar-refractivity contribution in [3.63, 3.8) is 0 Å². The number of amides is 1. The standard InChI is InChI=1S/C23H24N4O2/c1-17-6-2-3-7-19(17)23(28)25-18-10-11-22(24-16-18)26-20-8-4-5-9-21(20)27-12-14-29-15-13-27/h2-11,16H,12-15H2,1H3,(H,24,26)(H,25,28). The maximum Gasteiger partial charge on any atom is 0.255 e. The lowest BCUT2D eigenvalue weighted by atomic mass is 10.1. The van der Waals surface area contributed by atoms with Gasteiger partial charge in [-0.05, 0) is 42.8 Å². The van der Waals surface area contributed by atoms with Crippen molar-refractivity contribution < 1.29 is 9.53 Å². The number of pyridine rings is 1. The SMILES string of the molecule is Cc1ccccc1C(=O)Nc1ccc(Nc2ccccc2N2CCOCC2)nc1. The van der Waals surface area contributed by atoms with Gasteiger partial charge in [-0.25, -0.2) is 4.98 Å². The van der Waals surface area contributed by atoms with Gasteiger partial charge in [-0.15, -0.1) is 0 Å². The minimum Gasteiger partial charge on any atom is -0.378 e. The first-order chi connectivity index (χ1) is 14.2. The van der Waals surface area contributed by atoms with Crippen molar-refractivity contribution in [1.29, 1.82) is 0 Å². The van der Waals surface area contributed by atoms with Crippen LogP contribution in [0.5, 0.6) is 0 Å². The third-order valence-corrected chi connectivity index (χ3v) is 4.93. The summed E-state index contributed by atoms with van der Waals surface area (Å²) in [6, 6.07) is 19.4. The van der Waals surface area contributed by atoms with Gasteiger partial charge in [0.05, 0.1) is 36.5 Å². The lowest BCUT2D eigenvalue weighted by Gasteiger charge is -2.30. The summed E-state index contributed by atoms with van der Waals surface area (Å²) in [5.41, 5.74) is 4.39. The highest BCUT2D eigenvalue weighted by atomic mass is 16.5. The number of carbonyl (C=O) groups is 1. The third-order valence-electron chi connectivity index (χ3n) is 4.93. The van der Waals surface area contributed by atoms with E-state index in [0.717, 1.165) is 49.1 Å². The summed E-state index contributed by atoms with van der Waals surface area (Å²) in [6.07, 6.45) is 1.66. The molecule has 6 nitrogen and oxygen atoms in total. The Labute approximate surface area is 170 Å². The van der Waals surface area contributed by atoms with Crippen LogP contribution in [0.25, 0.3) is 0 Å². The van der Waals surface area contributed by atoms with Crippen molar-refractivity contribution >= 4 is 28.8 Å². The van der Waals surface area contributed by atoms with E-state index in [1.807, 2.05) is 61.5 Å². The second-order valence-corrected chi connectivity index (χ2v) is 6.94. The molecule has 0 radical (unpaired) electrons. The Bertz CT molecular complexity index is 982. The molecule has 2 aromatic carbocycles. The lowest BCUT2D eigenvalue weighted by Crippen LogP contribution is -2.36. The van der Waals surface area contributed by atoms with Gasteiger partial charge in [-0.3, -0.25) is 4.79 Å². The molecular weight excluding hydrogens is 364 g/mol. The van der Waals surface area contributed by atoms with Gasteiger partial charge < -0.3 is 20.3 Å². The van der Waals surface area contributed by atoms with Gasteiger partial charge in [-0.1, -0.05) is 30.3 Å². The molecule has 1 amide bonds. The van der Waals surface area contributed by atoms with Crippen LogP contribution >= 0.6 is 0 Å². The summed E-state index contributed by atoms with van der Waals surface area (Å²) in [7, 11) is 0. The second kappa shape index (κ2) is 8.75. The van der Waals surface area contributed by atoms with E-state index in [4.69, 9.17) is 4.74 Å². The van der Waals surface area contributed by atoms with Gasteiger partial charge in [0.15, 0.2) is 0 Å². The maximum absolute atomic E-state index is 12.5. The molecule has 2 heterocycles. The Morgan fingerprint density at radius 1 is 1.00 bits per heavy atom. The smallest absolute Gasteiger partial charge is 0.255 e. The Kier molecular flexibility index (Phi) is 5.72. The molecule has 4 rings (SSSR count). The third kappa shape index (κ3) is 4.55. The Morgan fingerprint density at radius 3 is 2.52 bits per heavy atom. The molecule has 1 aliphatic heterocycles. The monoisotopic (exact) mass is 388 g/mol. The van der Waals surface area contributed by atoms with E-state index >= 15 is 0 Å². The number of aryl methyl sites for hydroxylation is 1. The summed E-state index contributed by atoms with van der Waals surface area (Å²) in [5.74, 6) is 0.586. The zero-order valence-corrected chi connectivity index (χ0v) is 16.4. The van der Waals surface area contributed by atoms with Crippen LogP contribution in [-0.2, 0) is 4.74 Å². The molecule has 0 unspecified atom stereocenters. The summed E-state index contributed by atoms with van der Waals surface area (Å²) in [6.45, 7) is 5.14. The number of benzene rings is 2. The Balaban J connectivity index is 1.45. The van der Waals surface area contributed by atoms with E-state index in [1.165, 1.54) is 0 Å². The number of para-hydroxylation sites is 2. The van der Waals surface area contributed by atoms with Crippen LogP contribution in [-0.4, -0.2) is 37.2 Å². The molecule has 2 N–H and O–H groups in total. The van der Waals surface area contributed by atoms with E-state index in [1.54, 1.807) is 6.20 Å². The predicted octanol–water partition coefficient (Wildman–Crippen LogP) is 4.22. The van der Waals surface area contributed by atoms with E-state index < -0.39 is 0 Å². The lowest BCUT2D eigenvalue weighted by molar-refractivity contribution is 0.102. The highest BCUT2D eigenvalue weighted by Crippen LogP contribution is 2.29. The number of rotatable bonds is 5. The highest BCUT2D eigenvalue weighted by Gasteiger charge is 2.15. The van der Waals surface area contributed by atoms with Crippen LogP contribution in [0.3, 0.4) is 0 Å². The molecule has 1 fully saturated rings. The van der Waals surface area contributed by atoms with Gasteiger partial charge in [0.2, 0.25) is 0 Å². The molecule has 29 heavy (non-hydrogen) atoms. The first-order valence-electron chi connectivity index (χ1n) is 9.72. The number of morpholine rings is 1. The molecule has 0 bridgehead atoms. The molecule has 0 atom stereocenters. The first-order valence-corrected chi connectivity index (χ1v) is 9.72. The number of nitrogens with one attached hydrogen (secondary N) is 2. The largest absolute Gasteiger partial charge is 0.378 e. The fourth-order valence-corrected chi connectivity index (χ4v) is 3.37. The summed E-state index contributed by atoms with van der Waals surface area (Å²) in [5, 5.41) is 6.29. The first kappa shape index (κ1) is 19.0. The molecule has 6 heteroatoms. The maximum atomic E-state index is 12.5. The van der Waals surface area contributed by atoms with Gasteiger partial charge in [-0.2, -0.15) is 0 Å². The molecule has 148 valence electrons. The second-order valence-electron chi connectivity index (χ2n) is 6.94. The average Bonchev–Trinajstić information content (AvgIpc) is 2.76. The van der Waals surface area contributed by atoms with Crippen molar-refractivity contribution in [3.05, 3.63) is 78.0 Å². The normalized spacial score (nSPS) is 13.8.